The van der Waals surface area contributed by atoms with E-state index in [9.17, 15) is 4.79 Å². The van der Waals surface area contributed by atoms with Crippen molar-refractivity contribution in [1.29, 1.82) is 0 Å². The van der Waals surface area contributed by atoms with Crippen LogP contribution in [0.1, 0.15) is 63.3 Å². The van der Waals surface area contributed by atoms with Crippen molar-refractivity contribution in [2.45, 2.75) is 58.8 Å². The van der Waals surface area contributed by atoms with E-state index in [4.69, 9.17) is 9.51 Å². The maximum Gasteiger partial charge on any atom is 0.225 e. The van der Waals surface area contributed by atoms with Gasteiger partial charge in [-0.3, -0.25) is 4.79 Å². The van der Waals surface area contributed by atoms with Gasteiger partial charge in [-0.25, -0.2) is 9.97 Å². The number of hydrogen-bond donors (Lipinski definition) is 0. The van der Waals surface area contributed by atoms with E-state index < -0.39 is 0 Å². The molecule has 2 aliphatic heterocycles. The molecule has 0 aromatic carbocycles. The Morgan fingerprint density at radius 1 is 1.14 bits per heavy atom. The average molecular weight is 398 g/mol. The number of hydrogen-bond acceptors (Lipinski definition) is 6. The normalized spacial score (nSPS) is 18.5. The SMILES string of the molecule is Cc1cc(-c2cnc(N3CCCCC3)nc2C2CCN(C(=O)C(C)C)CC2)on1. The fraction of sp³-hybridized carbons (Fsp3) is 0.636. The fourth-order valence-electron chi connectivity index (χ4n) is 4.36. The summed E-state index contributed by atoms with van der Waals surface area (Å²) in [5.41, 5.74) is 2.82. The first-order chi connectivity index (χ1) is 14.0. The second-order valence-corrected chi connectivity index (χ2v) is 8.60. The summed E-state index contributed by atoms with van der Waals surface area (Å²) in [4.78, 5) is 26.4. The number of anilines is 1. The van der Waals surface area contributed by atoms with E-state index in [1.165, 1.54) is 19.3 Å². The van der Waals surface area contributed by atoms with Gasteiger partial charge in [0.2, 0.25) is 11.9 Å². The van der Waals surface area contributed by atoms with Crippen LogP contribution in [0.2, 0.25) is 0 Å². The van der Waals surface area contributed by atoms with Crippen molar-refractivity contribution in [2.75, 3.05) is 31.1 Å². The van der Waals surface area contributed by atoms with Gasteiger partial charge in [0.25, 0.3) is 0 Å². The van der Waals surface area contributed by atoms with Crippen LogP contribution in [-0.4, -0.2) is 52.1 Å². The van der Waals surface area contributed by atoms with Crippen molar-refractivity contribution in [3.8, 4) is 11.3 Å². The number of rotatable bonds is 4. The molecular weight excluding hydrogens is 366 g/mol. The number of aromatic nitrogens is 3. The highest BCUT2D eigenvalue weighted by Crippen LogP contribution is 2.35. The highest BCUT2D eigenvalue weighted by Gasteiger charge is 2.29. The lowest BCUT2D eigenvalue weighted by Crippen LogP contribution is -2.40. The summed E-state index contributed by atoms with van der Waals surface area (Å²) in [6, 6.07) is 1.94. The molecule has 7 heteroatoms. The summed E-state index contributed by atoms with van der Waals surface area (Å²) in [5, 5.41) is 4.05. The maximum atomic E-state index is 12.4. The van der Waals surface area contributed by atoms with Gasteiger partial charge in [0.1, 0.15) is 0 Å². The van der Waals surface area contributed by atoms with Gasteiger partial charge >= 0.3 is 0 Å². The summed E-state index contributed by atoms with van der Waals surface area (Å²) in [6.07, 6.45) is 7.39. The van der Waals surface area contributed by atoms with Crippen LogP contribution in [0.3, 0.4) is 0 Å². The number of amides is 1. The number of carbonyl (C=O) groups excluding carboxylic acids is 1. The number of aryl methyl sites for hydroxylation is 1. The molecule has 0 saturated carbocycles. The Balaban J connectivity index is 1.61. The molecule has 2 aromatic heterocycles. The minimum absolute atomic E-state index is 0.0454. The van der Waals surface area contributed by atoms with E-state index in [0.717, 1.165) is 67.7 Å². The fourth-order valence-corrected chi connectivity index (χ4v) is 4.36. The zero-order chi connectivity index (χ0) is 20.4. The first kappa shape index (κ1) is 19.9. The van der Waals surface area contributed by atoms with Crippen LogP contribution >= 0.6 is 0 Å². The van der Waals surface area contributed by atoms with Crippen molar-refractivity contribution < 1.29 is 9.32 Å². The standard InChI is InChI=1S/C22H31N5O2/c1-15(2)21(28)26-11-7-17(8-12-26)20-18(19-13-16(3)25-29-19)14-23-22(24-20)27-9-5-4-6-10-27/h13-15,17H,4-12H2,1-3H3. The molecule has 2 saturated heterocycles. The number of carbonyl (C=O) groups is 1. The molecule has 7 nitrogen and oxygen atoms in total. The lowest BCUT2D eigenvalue weighted by Gasteiger charge is -2.34. The predicted octanol–water partition coefficient (Wildman–Crippen LogP) is 3.79. The third kappa shape index (κ3) is 4.28. The van der Waals surface area contributed by atoms with E-state index in [2.05, 4.69) is 15.0 Å². The average Bonchev–Trinajstić information content (AvgIpc) is 3.19. The molecule has 4 rings (SSSR count). The number of piperidine rings is 2. The van der Waals surface area contributed by atoms with Crippen molar-refractivity contribution in [3.05, 3.63) is 23.7 Å². The second-order valence-electron chi connectivity index (χ2n) is 8.60. The molecule has 0 radical (unpaired) electrons. The van der Waals surface area contributed by atoms with E-state index in [0.29, 0.717) is 0 Å². The zero-order valence-electron chi connectivity index (χ0n) is 17.7. The van der Waals surface area contributed by atoms with Gasteiger partial charge in [0.15, 0.2) is 5.76 Å². The molecule has 0 atom stereocenters. The third-order valence-electron chi connectivity index (χ3n) is 6.03. The molecule has 0 aliphatic carbocycles. The van der Waals surface area contributed by atoms with Crippen molar-refractivity contribution in [3.63, 3.8) is 0 Å². The Hall–Kier alpha value is -2.44. The predicted molar refractivity (Wildman–Crippen MR) is 112 cm³/mol. The molecule has 2 aromatic rings. The minimum Gasteiger partial charge on any atom is -0.356 e. The van der Waals surface area contributed by atoms with Crippen LogP contribution in [0.5, 0.6) is 0 Å². The highest BCUT2D eigenvalue weighted by molar-refractivity contribution is 5.78. The van der Waals surface area contributed by atoms with Gasteiger partial charge in [0, 0.05) is 50.3 Å². The molecule has 29 heavy (non-hydrogen) atoms. The summed E-state index contributed by atoms with van der Waals surface area (Å²) in [6.45, 7) is 9.44. The monoisotopic (exact) mass is 397 g/mol. The molecule has 0 spiro atoms. The quantitative estimate of drug-likeness (QED) is 0.781. The van der Waals surface area contributed by atoms with Crippen molar-refractivity contribution >= 4 is 11.9 Å². The molecule has 0 unspecified atom stereocenters. The van der Waals surface area contributed by atoms with Crippen LogP contribution in [-0.2, 0) is 4.79 Å². The van der Waals surface area contributed by atoms with Crippen LogP contribution in [0.4, 0.5) is 5.95 Å². The molecule has 4 heterocycles. The molecule has 156 valence electrons. The summed E-state index contributed by atoms with van der Waals surface area (Å²) in [5.74, 6) is 2.12. The lowest BCUT2D eigenvalue weighted by atomic mass is 9.89. The third-order valence-corrected chi connectivity index (χ3v) is 6.03. The van der Waals surface area contributed by atoms with Gasteiger partial charge in [-0.15, -0.1) is 0 Å². The minimum atomic E-state index is 0.0454. The van der Waals surface area contributed by atoms with Crippen LogP contribution in [0.25, 0.3) is 11.3 Å². The Bertz CT molecular complexity index is 849. The molecule has 0 N–H and O–H groups in total. The lowest BCUT2D eigenvalue weighted by molar-refractivity contribution is -0.135. The van der Waals surface area contributed by atoms with E-state index in [-0.39, 0.29) is 17.7 Å². The Kier molecular flexibility index (Phi) is 5.83. The Morgan fingerprint density at radius 3 is 2.48 bits per heavy atom. The zero-order valence-corrected chi connectivity index (χ0v) is 17.7. The largest absolute Gasteiger partial charge is 0.356 e. The highest BCUT2D eigenvalue weighted by atomic mass is 16.5. The molecule has 1 amide bonds. The van der Waals surface area contributed by atoms with Crippen LogP contribution in [0, 0.1) is 12.8 Å². The maximum absolute atomic E-state index is 12.4. The van der Waals surface area contributed by atoms with Crippen LogP contribution < -0.4 is 4.90 Å². The molecular formula is C22H31N5O2. The second kappa shape index (κ2) is 8.51. The van der Waals surface area contributed by atoms with Crippen molar-refractivity contribution in [2.24, 2.45) is 5.92 Å². The summed E-state index contributed by atoms with van der Waals surface area (Å²) < 4.78 is 5.55. The number of likely N-dealkylation sites (tertiary alicyclic amines) is 1. The summed E-state index contributed by atoms with van der Waals surface area (Å²) >= 11 is 0. The first-order valence-electron chi connectivity index (χ1n) is 10.9. The van der Waals surface area contributed by atoms with Gasteiger partial charge in [0.05, 0.1) is 17.0 Å². The van der Waals surface area contributed by atoms with Gasteiger partial charge in [-0.2, -0.15) is 0 Å². The van der Waals surface area contributed by atoms with Gasteiger partial charge in [-0.05, 0) is 39.0 Å². The smallest absolute Gasteiger partial charge is 0.225 e. The van der Waals surface area contributed by atoms with Crippen LogP contribution in [0.15, 0.2) is 16.8 Å². The van der Waals surface area contributed by atoms with E-state index >= 15 is 0 Å². The van der Waals surface area contributed by atoms with E-state index in [1.807, 2.05) is 37.9 Å². The van der Waals surface area contributed by atoms with E-state index in [1.54, 1.807) is 0 Å². The Labute approximate surface area is 172 Å². The van der Waals surface area contributed by atoms with Gasteiger partial charge < -0.3 is 14.3 Å². The Morgan fingerprint density at radius 2 is 1.86 bits per heavy atom. The molecule has 0 bridgehead atoms. The van der Waals surface area contributed by atoms with Gasteiger partial charge in [-0.1, -0.05) is 19.0 Å². The molecule has 2 aliphatic rings. The number of nitrogens with zero attached hydrogens (tertiary/aromatic N) is 5. The first-order valence-corrected chi connectivity index (χ1v) is 10.9. The molecule has 2 fully saturated rings. The topological polar surface area (TPSA) is 75.4 Å². The van der Waals surface area contributed by atoms with Crippen molar-refractivity contribution in [1.82, 2.24) is 20.0 Å². The summed E-state index contributed by atoms with van der Waals surface area (Å²) in [7, 11) is 0.